The predicted molar refractivity (Wildman–Crippen MR) is 70.8 cm³/mol. The maximum absolute atomic E-state index is 8.61. The van der Waals surface area contributed by atoms with E-state index in [1.54, 1.807) is 0 Å². The summed E-state index contributed by atoms with van der Waals surface area (Å²) in [7, 11) is 0. The Morgan fingerprint density at radius 3 is 2.53 bits per heavy atom. The number of nitrogens with one attached hydrogen (secondary N) is 1. The Kier molecular flexibility index (Phi) is 4.03. The van der Waals surface area contributed by atoms with Crippen molar-refractivity contribution in [1.29, 1.82) is 5.26 Å². The van der Waals surface area contributed by atoms with E-state index in [1.165, 1.54) is 31.4 Å². The SMILES string of the molecule is CC(Nc1ccc(CC#N)cc1)C1CCCC1. The molecular weight excluding hydrogens is 208 g/mol. The smallest absolute Gasteiger partial charge is 0.0669 e. The highest BCUT2D eigenvalue weighted by molar-refractivity contribution is 5.45. The molecule has 0 aromatic heterocycles. The molecule has 2 nitrogen and oxygen atoms in total. The molecule has 0 amide bonds. The van der Waals surface area contributed by atoms with Gasteiger partial charge in [0.2, 0.25) is 0 Å². The zero-order valence-electron chi connectivity index (χ0n) is 10.4. The van der Waals surface area contributed by atoms with E-state index in [9.17, 15) is 0 Å². The van der Waals surface area contributed by atoms with E-state index in [0.29, 0.717) is 12.5 Å². The first kappa shape index (κ1) is 12.0. The molecule has 0 aliphatic heterocycles. The van der Waals surface area contributed by atoms with E-state index < -0.39 is 0 Å². The summed E-state index contributed by atoms with van der Waals surface area (Å²) in [6.45, 7) is 2.28. The average Bonchev–Trinajstić information content (AvgIpc) is 2.86. The standard InChI is InChI=1S/C15H20N2/c1-12(14-4-2-3-5-14)17-15-8-6-13(7-9-15)10-11-16/h6-9,12,14,17H,2-5,10H2,1H3. The Morgan fingerprint density at radius 1 is 1.29 bits per heavy atom. The summed E-state index contributed by atoms with van der Waals surface area (Å²) in [5.74, 6) is 0.828. The van der Waals surface area contributed by atoms with E-state index in [0.717, 1.165) is 11.5 Å². The van der Waals surface area contributed by atoms with E-state index in [4.69, 9.17) is 5.26 Å². The Balaban J connectivity index is 1.91. The number of benzene rings is 1. The lowest BCUT2D eigenvalue weighted by molar-refractivity contribution is 0.482. The molecule has 1 atom stereocenters. The summed E-state index contributed by atoms with van der Waals surface area (Å²) >= 11 is 0. The number of nitriles is 1. The maximum Gasteiger partial charge on any atom is 0.0669 e. The van der Waals surface area contributed by atoms with Gasteiger partial charge in [0, 0.05) is 11.7 Å². The first-order valence-electron chi connectivity index (χ1n) is 6.52. The van der Waals surface area contributed by atoms with E-state index in [2.05, 4.69) is 30.4 Å². The second kappa shape index (κ2) is 5.72. The number of anilines is 1. The third kappa shape index (κ3) is 3.23. The second-order valence-corrected chi connectivity index (χ2v) is 5.01. The van der Waals surface area contributed by atoms with Crippen molar-refractivity contribution in [1.82, 2.24) is 0 Å². The summed E-state index contributed by atoms with van der Waals surface area (Å²) in [5.41, 5.74) is 2.26. The fraction of sp³-hybridized carbons (Fsp3) is 0.533. The number of nitrogens with zero attached hydrogens (tertiary/aromatic N) is 1. The molecule has 1 saturated carbocycles. The van der Waals surface area contributed by atoms with Crippen LogP contribution in [0.3, 0.4) is 0 Å². The first-order valence-corrected chi connectivity index (χ1v) is 6.52. The molecule has 1 N–H and O–H groups in total. The van der Waals surface area contributed by atoms with E-state index >= 15 is 0 Å². The zero-order valence-corrected chi connectivity index (χ0v) is 10.4. The Bertz CT molecular complexity index is 382. The first-order chi connectivity index (χ1) is 8.29. The molecule has 90 valence electrons. The van der Waals surface area contributed by atoms with Crippen molar-refractivity contribution in [2.75, 3.05) is 5.32 Å². The third-order valence-corrected chi connectivity index (χ3v) is 3.74. The predicted octanol–water partition coefficient (Wildman–Crippen LogP) is 3.74. The molecule has 0 radical (unpaired) electrons. The lowest BCUT2D eigenvalue weighted by atomic mass is 9.99. The lowest BCUT2D eigenvalue weighted by Crippen LogP contribution is -2.23. The highest BCUT2D eigenvalue weighted by Gasteiger charge is 2.21. The fourth-order valence-corrected chi connectivity index (χ4v) is 2.65. The number of rotatable bonds is 4. The molecule has 1 aliphatic rings. The van der Waals surface area contributed by atoms with Crippen LogP contribution in [0.2, 0.25) is 0 Å². The summed E-state index contributed by atoms with van der Waals surface area (Å²) in [6.07, 6.45) is 6.00. The van der Waals surface area contributed by atoms with Gasteiger partial charge in [0.15, 0.2) is 0 Å². The average molecular weight is 228 g/mol. The Hall–Kier alpha value is -1.49. The van der Waals surface area contributed by atoms with Crippen LogP contribution >= 0.6 is 0 Å². The van der Waals surface area contributed by atoms with Crippen LogP contribution in [0.15, 0.2) is 24.3 Å². The maximum atomic E-state index is 8.61. The largest absolute Gasteiger partial charge is 0.382 e. The minimum absolute atomic E-state index is 0.498. The highest BCUT2D eigenvalue weighted by atomic mass is 14.9. The van der Waals surface area contributed by atoms with Gasteiger partial charge < -0.3 is 5.32 Å². The molecule has 0 heterocycles. The van der Waals surface area contributed by atoms with Crippen molar-refractivity contribution < 1.29 is 0 Å². The minimum atomic E-state index is 0.498. The number of hydrogen-bond acceptors (Lipinski definition) is 2. The van der Waals surface area contributed by atoms with Crippen LogP contribution in [0.25, 0.3) is 0 Å². The van der Waals surface area contributed by atoms with Gasteiger partial charge >= 0.3 is 0 Å². The Labute approximate surface area is 104 Å². The third-order valence-electron chi connectivity index (χ3n) is 3.74. The minimum Gasteiger partial charge on any atom is -0.382 e. The van der Waals surface area contributed by atoms with Crippen molar-refractivity contribution >= 4 is 5.69 Å². The molecule has 1 aromatic rings. The topological polar surface area (TPSA) is 35.8 Å². The Morgan fingerprint density at radius 2 is 1.94 bits per heavy atom. The van der Waals surface area contributed by atoms with Crippen LogP contribution in [0.5, 0.6) is 0 Å². The molecular formula is C15H20N2. The van der Waals surface area contributed by atoms with Gasteiger partial charge in [-0.25, -0.2) is 0 Å². The second-order valence-electron chi connectivity index (χ2n) is 5.01. The van der Waals surface area contributed by atoms with Crippen molar-refractivity contribution in [3.8, 4) is 6.07 Å². The number of hydrogen-bond donors (Lipinski definition) is 1. The van der Waals surface area contributed by atoms with Gasteiger partial charge in [0.1, 0.15) is 0 Å². The van der Waals surface area contributed by atoms with E-state index in [-0.39, 0.29) is 0 Å². The molecule has 0 bridgehead atoms. The zero-order chi connectivity index (χ0) is 12.1. The summed E-state index contributed by atoms with van der Waals surface area (Å²) < 4.78 is 0. The molecule has 1 unspecified atom stereocenters. The molecule has 1 aromatic carbocycles. The summed E-state index contributed by atoms with van der Waals surface area (Å²) in [6, 6.07) is 11.0. The quantitative estimate of drug-likeness (QED) is 0.852. The van der Waals surface area contributed by atoms with Gasteiger partial charge in [-0.15, -0.1) is 0 Å². The van der Waals surface area contributed by atoms with Crippen molar-refractivity contribution in [3.63, 3.8) is 0 Å². The van der Waals surface area contributed by atoms with Gasteiger partial charge in [-0.2, -0.15) is 5.26 Å². The molecule has 0 saturated heterocycles. The van der Waals surface area contributed by atoms with Crippen LogP contribution < -0.4 is 5.32 Å². The highest BCUT2D eigenvalue weighted by Crippen LogP contribution is 2.29. The van der Waals surface area contributed by atoms with Crippen LogP contribution in [-0.4, -0.2) is 6.04 Å². The summed E-state index contributed by atoms with van der Waals surface area (Å²) in [4.78, 5) is 0. The molecule has 2 heteroatoms. The van der Waals surface area contributed by atoms with Crippen molar-refractivity contribution in [2.24, 2.45) is 5.92 Å². The van der Waals surface area contributed by atoms with Gasteiger partial charge in [-0.05, 0) is 43.4 Å². The van der Waals surface area contributed by atoms with Gasteiger partial charge in [0.05, 0.1) is 12.5 Å². The van der Waals surface area contributed by atoms with Crippen LogP contribution in [0.1, 0.15) is 38.2 Å². The van der Waals surface area contributed by atoms with Crippen LogP contribution in [0.4, 0.5) is 5.69 Å². The summed E-state index contributed by atoms with van der Waals surface area (Å²) in [5, 5.41) is 12.2. The van der Waals surface area contributed by atoms with Crippen molar-refractivity contribution in [2.45, 2.75) is 45.1 Å². The van der Waals surface area contributed by atoms with Crippen LogP contribution in [-0.2, 0) is 6.42 Å². The van der Waals surface area contributed by atoms with Crippen molar-refractivity contribution in [3.05, 3.63) is 29.8 Å². The molecule has 2 rings (SSSR count). The van der Waals surface area contributed by atoms with Gasteiger partial charge in [0.25, 0.3) is 0 Å². The fourth-order valence-electron chi connectivity index (χ4n) is 2.65. The molecule has 0 spiro atoms. The van der Waals surface area contributed by atoms with Gasteiger partial charge in [-0.3, -0.25) is 0 Å². The molecule has 1 fully saturated rings. The monoisotopic (exact) mass is 228 g/mol. The van der Waals surface area contributed by atoms with Gasteiger partial charge in [-0.1, -0.05) is 25.0 Å². The molecule has 1 aliphatic carbocycles. The van der Waals surface area contributed by atoms with E-state index in [1.807, 2.05) is 12.1 Å². The normalized spacial score (nSPS) is 17.6. The lowest BCUT2D eigenvalue weighted by Gasteiger charge is -2.21. The van der Waals surface area contributed by atoms with Crippen LogP contribution in [0, 0.1) is 17.2 Å². The molecule has 17 heavy (non-hydrogen) atoms.